The van der Waals surface area contributed by atoms with E-state index in [1.807, 2.05) is 0 Å². The number of ether oxygens (including phenoxy) is 1. The number of rotatable bonds is 3. The molecular formula is C8H9N3O. The Bertz CT molecular complexity index is 293. The molecule has 0 saturated carbocycles. The largest absolute Gasteiger partial charge is 0.481 e. The maximum atomic E-state index is 5.14. The SMILES string of the molecule is C#CCOc1ccnc(NN)c1. The Balaban J connectivity index is 2.67. The Morgan fingerprint density at radius 3 is 3.25 bits per heavy atom. The van der Waals surface area contributed by atoms with Crippen molar-refractivity contribution in [2.45, 2.75) is 0 Å². The number of anilines is 1. The van der Waals surface area contributed by atoms with Gasteiger partial charge in [-0.15, -0.1) is 6.42 Å². The molecule has 0 spiro atoms. The summed E-state index contributed by atoms with van der Waals surface area (Å²) in [6.07, 6.45) is 6.60. The highest BCUT2D eigenvalue weighted by atomic mass is 16.5. The van der Waals surface area contributed by atoms with Crippen molar-refractivity contribution in [3.05, 3.63) is 18.3 Å². The zero-order valence-corrected chi connectivity index (χ0v) is 6.45. The summed E-state index contributed by atoms with van der Waals surface area (Å²) in [5.74, 6) is 8.69. The summed E-state index contributed by atoms with van der Waals surface area (Å²) in [5, 5.41) is 0. The molecule has 0 fully saturated rings. The number of terminal acetylenes is 1. The second-order valence-corrected chi connectivity index (χ2v) is 2.01. The molecule has 0 aliphatic rings. The average Bonchev–Trinajstić information content (AvgIpc) is 2.15. The lowest BCUT2D eigenvalue weighted by Crippen LogP contribution is -2.08. The van der Waals surface area contributed by atoms with Crippen molar-refractivity contribution in [2.24, 2.45) is 5.84 Å². The molecule has 0 amide bonds. The fraction of sp³-hybridized carbons (Fsp3) is 0.125. The number of nitrogens with one attached hydrogen (secondary N) is 1. The molecule has 1 heterocycles. The van der Waals surface area contributed by atoms with Crippen LogP contribution in [0.2, 0.25) is 0 Å². The molecule has 1 aromatic heterocycles. The summed E-state index contributed by atoms with van der Waals surface area (Å²) in [5.41, 5.74) is 2.40. The predicted octanol–water partition coefficient (Wildman–Crippen LogP) is 0.379. The van der Waals surface area contributed by atoms with Crippen molar-refractivity contribution in [1.82, 2.24) is 4.98 Å². The molecule has 0 saturated heterocycles. The average molecular weight is 163 g/mol. The number of nitrogen functional groups attached to an aromatic ring is 1. The van der Waals surface area contributed by atoms with Crippen LogP contribution < -0.4 is 16.0 Å². The van der Waals surface area contributed by atoms with Gasteiger partial charge in [-0.1, -0.05) is 5.92 Å². The van der Waals surface area contributed by atoms with E-state index in [2.05, 4.69) is 16.3 Å². The molecular weight excluding hydrogens is 154 g/mol. The number of nitrogens with zero attached hydrogens (tertiary/aromatic N) is 1. The Labute approximate surface area is 70.7 Å². The summed E-state index contributed by atoms with van der Waals surface area (Å²) in [6.45, 7) is 0.244. The van der Waals surface area contributed by atoms with Gasteiger partial charge < -0.3 is 10.2 Å². The molecule has 0 aliphatic carbocycles. The van der Waals surface area contributed by atoms with Gasteiger partial charge >= 0.3 is 0 Å². The van der Waals surface area contributed by atoms with Crippen molar-refractivity contribution in [3.8, 4) is 18.1 Å². The zero-order valence-electron chi connectivity index (χ0n) is 6.45. The van der Waals surface area contributed by atoms with Gasteiger partial charge in [0.15, 0.2) is 0 Å². The summed E-state index contributed by atoms with van der Waals surface area (Å²) < 4.78 is 5.13. The molecule has 0 unspecified atom stereocenters. The zero-order chi connectivity index (χ0) is 8.81. The van der Waals surface area contributed by atoms with E-state index >= 15 is 0 Å². The first-order valence-corrected chi connectivity index (χ1v) is 3.35. The van der Waals surface area contributed by atoms with E-state index in [1.54, 1.807) is 18.3 Å². The van der Waals surface area contributed by atoms with Crippen molar-refractivity contribution in [1.29, 1.82) is 0 Å². The van der Waals surface area contributed by atoms with Crippen LogP contribution >= 0.6 is 0 Å². The van der Waals surface area contributed by atoms with Gasteiger partial charge in [0.1, 0.15) is 18.2 Å². The maximum Gasteiger partial charge on any atom is 0.148 e. The quantitative estimate of drug-likeness (QED) is 0.384. The van der Waals surface area contributed by atoms with E-state index in [9.17, 15) is 0 Å². The molecule has 1 aromatic rings. The number of hydrazine groups is 1. The van der Waals surface area contributed by atoms with Crippen LogP contribution in [-0.2, 0) is 0 Å². The topological polar surface area (TPSA) is 60.2 Å². The molecule has 1 rings (SSSR count). The summed E-state index contributed by atoms with van der Waals surface area (Å²) >= 11 is 0. The second kappa shape index (κ2) is 4.21. The minimum absolute atomic E-state index is 0.244. The lowest BCUT2D eigenvalue weighted by Gasteiger charge is -2.03. The van der Waals surface area contributed by atoms with E-state index < -0.39 is 0 Å². The minimum Gasteiger partial charge on any atom is -0.481 e. The summed E-state index contributed by atoms with van der Waals surface area (Å²) in [4.78, 5) is 3.90. The molecule has 0 atom stereocenters. The Morgan fingerprint density at radius 2 is 2.58 bits per heavy atom. The maximum absolute atomic E-state index is 5.14. The van der Waals surface area contributed by atoms with Gasteiger partial charge in [0.25, 0.3) is 0 Å². The van der Waals surface area contributed by atoms with Crippen molar-refractivity contribution < 1.29 is 4.74 Å². The first-order chi connectivity index (χ1) is 5.86. The predicted molar refractivity (Wildman–Crippen MR) is 46.4 cm³/mol. The highest BCUT2D eigenvalue weighted by Crippen LogP contribution is 2.12. The fourth-order valence-corrected chi connectivity index (χ4v) is 0.705. The number of pyridine rings is 1. The number of nitrogens with two attached hydrogens (primary N) is 1. The summed E-state index contributed by atoms with van der Waals surface area (Å²) in [7, 11) is 0. The van der Waals surface area contributed by atoms with Gasteiger partial charge in [-0.2, -0.15) is 0 Å². The van der Waals surface area contributed by atoms with Gasteiger partial charge in [-0.3, -0.25) is 0 Å². The van der Waals surface area contributed by atoms with Gasteiger partial charge in [0, 0.05) is 12.3 Å². The fourth-order valence-electron chi connectivity index (χ4n) is 0.705. The molecule has 0 bridgehead atoms. The van der Waals surface area contributed by atoms with E-state index in [0.717, 1.165) is 0 Å². The van der Waals surface area contributed by atoms with Gasteiger partial charge in [0.2, 0.25) is 0 Å². The molecule has 62 valence electrons. The minimum atomic E-state index is 0.244. The van der Waals surface area contributed by atoms with Crippen LogP contribution in [0.3, 0.4) is 0 Å². The molecule has 0 radical (unpaired) electrons. The Hall–Kier alpha value is -1.73. The first kappa shape index (κ1) is 8.37. The van der Waals surface area contributed by atoms with E-state index in [-0.39, 0.29) is 6.61 Å². The highest BCUT2D eigenvalue weighted by molar-refractivity contribution is 5.39. The van der Waals surface area contributed by atoms with E-state index in [1.165, 1.54) is 0 Å². The Morgan fingerprint density at radius 1 is 1.75 bits per heavy atom. The standard InChI is InChI=1S/C8H9N3O/c1-2-5-12-7-3-4-10-8(6-7)11-9/h1,3-4,6H,5,9H2,(H,10,11). The van der Waals surface area contributed by atoms with Crippen LogP contribution in [0.25, 0.3) is 0 Å². The molecule has 12 heavy (non-hydrogen) atoms. The third kappa shape index (κ3) is 2.15. The van der Waals surface area contributed by atoms with Crippen molar-refractivity contribution in [3.63, 3.8) is 0 Å². The van der Waals surface area contributed by atoms with Crippen LogP contribution in [-0.4, -0.2) is 11.6 Å². The second-order valence-electron chi connectivity index (χ2n) is 2.01. The van der Waals surface area contributed by atoms with Crippen LogP contribution in [0.4, 0.5) is 5.82 Å². The highest BCUT2D eigenvalue weighted by Gasteiger charge is 1.94. The van der Waals surface area contributed by atoms with E-state index in [4.69, 9.17) is 17.0 Å². The molecule has 4 heteroatoms. The van der Waals surface area contributed by atoms with Gasteiger partial charge in [-0.05, 0) is 6.07 Å². The number of hydrogen-bond donors (Lipinski definition) is 2. The third-order valence-electron chi connectivity index (χ3n) is 1.20. The number of hydrogen-bond acceptors (Lipinski definition) is 4. The Kier molecular flexibility index (Phi) is 2.94. The van der Waals surface area contributed by atoms with Crippen LogP contribution in [0.5, 0.6) is 5.75 Å². The molecule has 0 aromatic carbocycles. The summed E-state index contributed by atoms with van der Waals surface area (Å²) in [6, 6.07) is 3.37. The van der Waals surface area contributed by atoms with Gasteiger partial charge in [0.05, 0.1) is 0 Å². The van der Waals surface area contributed by atoms with Gasteiger partial charge in [-0.25, -0.2) is 10.8 Å². The van der Waals surface area contributed by atoms with Crippen molar-refractivity contribution >= 4 is 5.82 Å². The molecule has 4 nitrogen and oxygen atoms in total. The molecule has 3 N–H and O–H groups in total. The smallest absolute Gasteiger partial charge is 0.148 e. The van der Waals surface area contributed by atoms with Crippen LogP contribution in [0.1, 0.15) is 0 Å². The monoisotopic (exact) mass is 163 g/mol. The number of aromatic nitrogens is 1. The third-order valence-corrected chi connectivity index (χ3v) is 1.20. The van der Waals surface area contributed by atoms with E-state index in [0.29, 0.717) is 11.6 Å². The normalized spacial score (nSPS) is 8.67. The lowest BCUT2D eigenvalue weighted by molar-refractivity contribution is 0.370. The molecule has 0 aliphatic heterocycles. The van der Waals surface area contributed by atoms with Crippen LogP contribution in [0, 0.1) is 12.3 Å². The first-order valence-electron chi connectivity index (χ1n) is 3.35. The van der Waals surface area contributed by atoms with Crippen molar-refractivity contribution in [2.75, 3.05) is 12.0 Å². The lowest BCUT2D eigenvalue weighted by atomic mass is 10.4. The van der Waals surface area contributed by atoms with Crippen LogP contribution in [0.15, 0.2) is 18.3 Å².